The Morgan fingerprint density at radius 3 is 2.68 bits per heavy atom. The van der Waals surface area contributed by atoms with Crippen LogP contribution in [0.15, 0.2) is 42.7 Å². The molecule has 6 heteroatoms. The number of carbonyl (C=O) groups excluding carboxylic acids is 1. The second-order valence-electron chi connectivity index (χ2n) is 8.88. The van der Waals surface area contributed by atoms with Gasteiger partial charge in [-0.1, -0.05) is 12.1 Å². The fourth-order valence-electron chi connectivity index (χ4n) is 5.06. The number of fused-ring (bicyclic) bond motifs is 1. The number of H-pyrrole nitrogens is 1. The number of amides is 1. The first-order valence-electron chi connectivity index (χ1n) is 11.4. The maximum Gasteiger partial charge on any atom is 0.236 e. The SMILES string of the molecule is O=C(CN1CCC(c2cccc(-c3cc4ccncc4[nH]3)c2O)CC1)N1CCCCC1. The third-order valence-electron chi connectivity index (χ3n) is 6.88. The van der Waals surface area contributed by atoms with E-state index in [0.29, 0.717) is 18.2 Å². The summed E-state index contributed by atoms with van der Waals surface area (Å²) in [5.74, 6) is 0.952. The summed E-state index contributed by atoms with van der Waals surface area (Å²) in [5, 5.41) is 12.2. The second kappa shape index (κ2) is 8.71. The van der Waals surface area contributed by atoms with E-state index < -0.39 is 0 Å². The van der Waals surface area contributed by atoms with Gasteiger partial charge >= 0.3 is 0 Å². The number of piperidine rings is 2. The topological polar surface area (TPSA) is 72.5 Å². The van der Waals surface area contributed by atoms with Gasteiger partial charge in [0.1, 0.15) is 5.75 Å². The number of nitrogens with one attached hydrogen (secondary N) is 1. The number of aromatic hydroxyl groups is 1. The zero-order valence-corrected chi connectivity index (χ0v) is 17.9. The highest BCUT2D eigenvalue weighted by molar-refractivity contribution is 5.86. The van der Waals surface area contributed by atoms with Gasteiger partial charge in [0.05, 0.1) is 24.0 Å². The van der Waals surface area contributed by atoms with Crippen molar-refractivity contribution in [3.05, 3.63) is 48.3 Å². The Morgan fingerprint density at radius 1 is 1.10 bits per heavy atom. The number of hydrogen-bond donors (Lipinski definition) is 2. The standard InChI is InChI=1S/C25H30N4O2/c30-24(29-11-2-1-3-12-29)17-28-13-8-18(9-14-28)20-5-4-6-21(25(20)31)22-15-19-7-10-26-16-23(19)27-22/h4-7,10,15-16,18,27,31H,1-3,8-9,11-14,17H2. The Bertz CT molecular complexity index is 1030. The van der Waals surface area contributed by atoms with E-state index in [1.54, 1.807) is 12.4 Å². The van der Waals surface area contributed by atoms with Crippen LogP contribution in [0.1, 0.15) is 43.6 Å². The van der Waals surface area contributed by atoms with Crippen molar-refractivity contribution < 1.29 is 9.90 Å². The highest BCUT2D eigenvalue weighted by atomic mass is 16.3. The molecule has 0 radical (unpaired) electrons. The minimum Gasteiger partial charge on any atom is -0.507 e. The molecule has 5 rings (SSSR count). The van der Waals surface area contributed by atoms with Crippen molar-refractivity contribution in [1.29, 1.82) is 0 Å². The predicted molar refractivity (Wildman–Crippen MR) is 122 cm³/mol. The average Bonchev–Trinajstić information content (AvgIpc) is 3.24. The van der Waals surface area contributed by atoms with Crippen LogP contribution in [0, 0.1) is 0 Å². The van der Waals surface area contributed by atoms with Gasteiger partial charge in [-0.05, 0) is 74.9 Å². The summed E-state index contributed by atoms with van der Waals surface area (Å²) >= 11 is 0. The lowest BCUT2D eigenvalue weighted by Gasteiger charge is -2.34. The van der Waals surface area contributed by atoms with E-state index in [1.165, 1.54) is 6.42 Å². The van der Waals surface area contributed by atoms with Crippen molar-refractivity contribution in [2.75, 3.05) is 32.7 Å². The van der Waals surface area contributed by atoms with Crippen LogP contribution in [0.4, 0.5) is 0 Å². The molecule has 162 valence electrons. The summed E-state index contributed by atoms with van der Waals surface area (Å²) < 4.78 is 0. The largest absolute Gasteiger partial charge is 0.507 e. The van der Waals surface area contributed by atoms with Crippen LogP contribution in [0.5, 0.6) is 5.75 Å². The molecule has 0 spiro atoms. The molecule has 0 saturated carbocycles. The molecule has 2 aliphatic rings. The number of phenolic OH excluding ortho intramolecular Hbond substituents is 1. The van der Waals surface area contributed by atoms with Gasteiger partial charge in [-0.3, -0.25) is 14.7 Å². The maximum atomic E-state index is 12.6. The molecule has 2 saturated heterocycles. The molecule has 6 nitrogen and oxygen atoms in total. The molecule has 2 aromatic heterocycles. The van der Waals surface area contributed by atoms with Crippen LogP contribution in [-0.4, -0.2) is 63.5 Å². The number of aromatic amines is 1. The third-order valence-corrected chi connectivity index (χ3v) is 6.88. The number of likely N-dealkylation sites (tertiary alicyclic amines) is 2. The first-order valence-corrected chi connectivity index (χ1v) is 11.4. The van der Waals surface area contributed by atoms with Crippen molar-refractivity contribution in [2.24, 2.45) is 0 Å². The van der Waals surface area contributed by atoms with E-state index in [-0.39, 0.29) is 5.91 Å². The molecule has 0 atom stereocenters. The van der Waals surface area contributed by atoms with Gasteiger partial charge in [0.2, 0.25) is 5.91 Å². The highest BCUT2D eigenvalue weighted by Crippen LogP contribution is 2.40. The Labute approximate surface area is 182 Å². The molecule has 0 aliphatic carbocycles. The Hall–Kier alpha value is -2.86. The number of benzene rings is 1. The maximum absolute atomic E-state index is 12.6. The predicted octanol–water partition coefficient (Wildman–Crippen LogP) is 4.13. The zero-order valence-electron chi connectivity index (χ0n) is 17.9. The first-order chi connectivity index (χ1) is 15.2. The summed E-state index contributed by atoms with van der Waals surface area (Å²) in [7, 11) is 0. The molecule has 0 bridgehead atoms. The number of hydrogen-bond acceptors (Lipinski definition) is 4. The molecule has 2 fully saturated rings. The number of aromatic nitrogens is 2. The summed E-state index contributed by atoms with van der Waals surface area (Å²) in [4.78, 5) is 24.4. The van der Waals surface area contributed by atoms with Crippen molar-refractivity contribution in [1.82, 2.24) is 19.8 Å². The molecule has 3 aromatic rings. The quantitative estimate of drug-likeness (QED) is 0.668. The van der Waals surface area contributed by atoms with Crippen molar-refractivity contribution >= 4 is 16.8 Å². The number of carbonyl (C=O) groups is 1. The molecular weight excluding hydrogens is 388 g/mol. The summed E-state index contributed by atoms with van der Waals surface area (Å²) in [6.45, 7) is 4.15. The third kappa shape index (κ3) is 4.17. The van der Waals surface area contributed by atoms with E-state index in [9.17, 15) is 9.90 Å². The fourth-order valence-corrected chi connectivity index (χ4v) is 5.06. The minimum atomic E-state index is 0.274. The van der Waals surface area contributed by atoms with Crippen LogP contribution in [0.3, 0.4) is 0 Å². The van der Waals surface area contributed by atoms with Crippen LogP contribution in [0.25, 0.3) is 22.2 Å². The lowest BCUT2D eigenvalue weighted by atomic mass is 9.87. The number of para-hydroxylation sites is 1. The average molecular weight is 419 g/mol. The normalized spacial score (nSPS) is 18.5. The van der Waals surface area contributed by atoms with E-state index in [2.05, 4.69) is 20.9 Å². The van der Waals surface area contributed by atoms with Crippen molar-refractivity contribution in [3.8, 4) is 17.0 Å². The van der Waals surface area contributed by atoms with E-state index in [0.717, 1.165) is 79.6 Å². The first kappa shape index (κ1) is 20.1. The molecule has 1 aromatic carbocycles. The lowest BCUT2D eigenvalue weighted by molar-refractivity contribution is -0.133. The smallest absolute Gasteiger partial charge is 0.236 e. The fraction of sp³-hybridized carbons (Fsp3) is 0.440. The molecule has 31 heavy (non-hydrogen) atoms. The number of pyridine rings is 1. The molecule has 2 aliphatic heterocycles. The summed E-state index contributed by atoms with van der Waals surface area (Å²) in [6, 6.07) is 10.1. The van der Waals surface area contributed by atoms with Crippen LogP contribution < -0.4 is 0 Å². The Morgan fingerprint density at radius 2 is 1.90 bits per heavy atom. The number of phenols is 1. The van der Waals surface area contributed by atoms with Gasteiger partial charge in [-0.25, -0.2) is 0 Å². The molecule has 4 heterocycles. The molecular formula is C25H30N4O2. The van der Waals surface area contributed by atoms with Crippen LogP contribution >= 0.6 is 0 Å². The van der Waals surface area contributed by atoms with E-state index >= 15 is 0 Å². The lowest BCUT2D eigenvalue weighted by Crippen LogP contribution is -2.44. The van der Waals surface area contributed by atoms with Gasteiger partial charge in [0, 0.05) is 30.2 Å². The van der Waals surface area contributed by atoms with Gasteiger partial charge in [-0.15, -0.1) is 0 Å². The highest BCUT2D eigenvalue weighted by Gasteiger charge is 2.26. The summed E-state index contributed by atoms with van der Waals surface area (Å²) in [6.07, 6.45) is 9.02. The van der Waals surface area contributed by atoms with Crippen LogP contribution in [-0.2, 0) is 4.79 Å². The number of nitrogens with zero attached hydrogens (tertiary/aromatic N) is 3. The van der Waals surface area contributed by atoms with Crippen molar-refractivity contribution in [2.45, 2.75) is 38.0 Å². The van der Waals surface area contributed by atoms with E-state index in [4.69, 9.17) is 0 Å². The number of rotatable bonds is 4. The second-order valence-corrected chi connectivity index (χ2v) is 8.88. The van der Waals surface area contributed by atoms with Gasteiger partial charge in [0.25, 0.3) is 0 Å². The molecule has 1 amide bonds. The van der Waals surface area contributed by atoms with Crippen LogP contribution in [0.2, 0.25) is 0 Å². The Balaban J connectivity index is 1.26. The Kier molecular flexibility index (Phi) is 5.64. The van der Waals surface area contributed by atoms with Gasteiger partial charge < -0.3 is 15.0 Å². The monoisotopic (exact) mass is 418 g/mol. The van der Waals surface area contributed by atoms with Crippen molar-refractivity contribution in [3.63, 3.8) is 0 Å². The summed E-state index contributed by atoms with van der Waals surface area (Å²) in [5.41, 5.74) is 3.72. The minimum absolute atomic E-state index is 0.274. The zero-order chi connectivity index (χ0) is 21.2. The van der Waals surface area contributed by atoms with Gasteiger partial charge in [0.15, 0.2) is 0 Å². The van der Waals surface area contributed by atoms with Gasteiger partial charge in [-0.2, -0.15) is 0 Å². The molecule has 0 unspecified atom stereocenters. The van der Waals surface area contributed by atoms with E-state index in [1.807, 2.05) is 29.2 Å². The molecule has 2 N–H and O–H groups in total.